The molecule has 2 atom stereocenters. The summed E-state index contributed by atoms with van der Waals surface area (Å²) < 4.78 is 14.0. The molecule has 4 amide bonds. The average Bonchev–Trinajstić information content (AvgIpc) is 3.88. The molecule has 3 N–H and O–H groups in total. The number of nitrogens with zero attached hydrogens (tertiary/aromatic N) is 8. The Labute approximate surface area is 376 Å². The van der Waals surface area contributed by atoms with E-state index in [-0.39, 0.29) is 30.2 Å². The quantitative estimate of drug-likeness (QED) is 0.0769. The van der Waals surface area contributed by atoms with Gasteiger partial charge in [0, 0.05) is 87.0 Å². The fourth-order valence-corrected chi connectivity index (χ4v) is 10.1. The van der Waals surface area contributed by atoms with Crippen molar-refractivity contribution in [2.24, 2.45) is 0 Å². The van der Waals surface area contributed by atoms with Crippen molar-refractivity contribution in [3.05, 3.63) is 90.3 Å². The Morgan fingerprint density at radius 2 is 1.64 bits per heavy atom. The summed E-state index contributed by atoms with van der Waals surface area (Å²) in [4.78, 5) is 69.2. The number of imide groups is 1. The van der Waals surface area contributed by atoms with E-state index in [2.05, 4.69) is 25.1 Å². The number of amides is 4. The van der Waals surface area contributed by atoms with Crippen molar-refractivity contribution in [1.29, 1.82) is 0 Å². The number of benzene rings is 3. The molecule has 5 aromatic rings. The second kappa shape index (κ2) is 19.9. The summed E-state index contributed by atoms with van der Waals surface area (Å²) in [6.07, 6.45) is 5.16. The molecule has 16 nitrogen and oxygen atoms in total. The zero-order chi connectivity index (χ0) is 44.0. The van der Waals surface area contributed by atoms with Crippen molar-refractivity contribution in [2.75, 3.05) is 77.1 Å². The van der Waals surface area contributed by atoms with Gasteiger partial charge in [0.2, 0.25) is 17.7 Å². The molecule has 0 aliphatic carbocycles. The number of carbonyl (C=O) groups is 4. The predicted molar refractivity (Wildman–Crippen MR) is 243 cm³/mol. The smallest absolute Gasteiger partial charge is 0.255 e. The zero-order valence-electron chi connectivity index (χ0n) is 35.9. The van der Waals surface area contributed by atoms with Crippen LogP contribution in [0.15, 0.2) is 84.0 Å². The maximum absolute atomic E-state index is 13.6. The first-order valence-electron chi connectivity index (χ1n) is 22.3. The van der Waals surface area contributed by atoms with Gasteiger partial charge in [-0.15, -0.1) is 11.8 Å². The van der Waals surface area contributed by atoms with Crippen LogP contribution >= 0.6 is 11.8 Å². The lowest BCUT2D eigenvalue weighted by molar-refractivity contribution is -0.137. The van der Waals surface area contributed by atoms with Crippen molar-refractivity contribution >= 4 is 52.2 Å². The Kier molecular flexibility index (Phi) is 13.5. The third-order valence-corrected chi connectivity index (χ3v) is 13.7. The number of ether oxygens (including phenoxy) is 2. The number of likely N-dealkylation sites (tertiary alicyclic amines) is 1. The van der Waals surface area contributed by atoms with Gasteiger partial charge in [-0.2, -0.15) is 5.10 Å². The summed E-state index contributed by atoms with van der Waals surface area (Å²) in [5, 5.41) is 8.14. The number of nitrogens with two attached hydrogens (primary N) is 1. The van der Waals surface area contributed by atoms with E-state index >= 15 is 0 Å². The lowest BCUT2D eigenvalue weighted by Gasteiger charge is -2.35. The predicted octanol–water partition coefficient (Wildman–Crippen LogP) is 5.00. The molecule has 0 saturated carbocycles. The maximum atomic E-state index is 13.6. The standard InChI is InChI=1S/C47H54N10O6S/c48-44-42-43(32-13-15-35(16-14-32)63-34-8-2-1-3-9-34)52-57(45(42)50-31-49-44)33-7-5-20-55(29-33)41(59)12-6-19-53-21-23-54(24-22-53)25-26-62-27-28-64-39-11-4-10-36-37(39)30-56(47(36)61)38-17-18-40(58)51-46(38)60/h1-4,8-11,13-16,31,33,38H,5-7,12,17-30H2,(H2,48,49,50)(H,51,58,60). The van der Waals surface area contributed by atoms with Gasteiger partial charge >= 0.3 is 0 Å². The number of thioether (sulfide) groups is 1. The number of aromatic nitrogens is 4. The Morgan fingerprint density at radius 3 is 2.44 bits per heavy atom. The Bertz CT molecular complexity index is 2480. The first-order chi connectivity index (χ1) is 31.3. The molecular weight excluding hydrogens is 833 g/mol. The molecule has 2 aromatic heterocycles. The van der Waals surface area contributed by atoms with Crippen molar-refractivity contribution in [1.82, 2.24) is 44.7 Å². The highest BCUT2D eigenvalue weighted by Crippen LogP contribution is 2.36. The number of fused-ring (bicyclic) bond motifs is 2. The lowest BCUT2D eigenvalue weighted by atomic mass is 10.0. The number of para-hydroxylation sites is 1. The normalized spacial score (nSPS) is 19.6. The summed E-state index contributed by atoms with van der Waals surface area (Å²) >= 11 is 1.66. The van der Waals surface area contributed by atoms with Crippen LogP contribution < -0.4 is 15.8 Å². The third-order valence-electron chi connectivity index (χ3n) is 12.6. The minimum absolute atomic E-state index is 0.0313. The van der Waals surface area contributed by atoms with Gasteiger partial charge in [0.05, 0.1) is 24.6 Å². The molecule has 0 spiro atoms. The van der Waals surface area contributed by atoms with Crippen LogP contribution in [-0.4, -0.2) is 140 Å². The number of piperidine rings is 2. The Balaban J connectivity index is 0.685. The second-order valence-electron chi connectivity index (χ2n) is 16.8. The van der Waals surface area contributed by atoms with Crippen molar-refractivity contribution in [3.63, 3.8) is 0 Å². The summed E-state index contributed by atoms with van der Waals surface area (Å²) in [5.74, 6) is 1.94. The molecule has 6 heterocycles. The maximum Gasteiger partial charge on any atom is 0.255 e. The topological polar surface area (TPSA) is 181 Å². The van der Waals surface area contributed by atoms with Crippen LogP contribution in [0, 0.1) is 0 Å². The highest BCUT2D eigenvalue weighted by molar-refractivity contribution is 7.99. The largest absolute Gasteiger partial charge is 0.457 e. The minimum atomic E-state index is -0.619. The zero-order valence-corrected chi connectivity index (χ0v) is 36.7. The van der Waals surface area contributed by atoms with E-state index in [0.29, 0.717) is 67.3 Å². The molecule has 4 aliphatic heterocycles. The van der Waals surface area contributed by atoms with Gasteiger partial charge in [-0.25, -0.2) is 14.6 Å². The number of anilines is 1. The van der Waals surface area contributed by atoms with Gasteiger partial charge < -0.3 is 29.9 Å². The molecule has 4 aliphatic rings. The molecule has 9 rings (SSSR count). The summed E-state index contributed by atoms with van der Waals surface area (Å²) in [7, 11) is 0. The van der Waals surface area contributed by atoms with E-state index in [1.54, 1.807) is 16.7 Å². The highest BCUT2D eigenvalue weighted by atomic mass is 32.2. The first kappa shape index (κ1) is 43.4. The molecule has 2 unspecified atom stereocenters. The van der Waals surface area contributed by atoms with Crippen molar-refractivity contribution < 1.29 is 28.7 Å². The number of hydrogen-bond donors (Lipinski definition) is 2. The number of nitrogens with one attached hydrogen (secondary N) is 1. The van der Waals surface area contributed by atoms with E-state index in [4.69, 9.17) is 20.3 Å². The summed E-state index contributed by atoms with van der Waals surface area (Å²) in [6, 6.07) is 22.5. The van der Waals surface area contributed by atoms with E-state index in [9.17, 15) is 19.2 Å². The van der Waals surface area contributed by atoms with Crippen molar-refractivity contribution in [3.8, 4) is 22.8 Å². The molecular formula is C47H54N10O6S. The Morgan fingerprint density at radius 1 is 0.859 bits per heavy atom. The van der Waals surface area contributed by atoms with E-state index < -0.39 is 11.9 Å². The van der Waals surface area contributed by atoms with Crippen molar-refractivity contribution in [2.45, 2.75) is 62.0 Å². The monoisotopic (exact) mass is 886 g/mol. The van der Waals surface area contributed by atoms with Crippen LogP contribution in [0.25, 0.3) is 22.3 Å². The van der Waals surface area contributed by atoms with Gasteiger partial charge in [-0.05, 0) is 86.3 Å². The average molecular weight is 887 g/mol. The van der Waals surface area contributed by atoms with E-state index in [1.807, 2.05) is 82.4 Å². The second-order valence-corrected chi connectivity index (χ2v) is 17.9. The molecule has 3 aromatic carbocycles. The summed E-state index contributed by atoms with van der Waals surface area (Å²) in [6.45, 7) is 8.54. The molecule has 3 fully saturated rings. The minimum Gasteiger partial charge on any atom is -0.457 e. The van der Waals surface area contributed by atoms with Gasteiger partial charge in [-0.3, -0.25) is 29.4 Å². The van der Waals surface area contributed by atoms with Gasteiger partial charge in [0.15, 0.2) is 5.65 Å². The fourth-order valence-electron chi connectivity index (χ4n) is 9.19. The molecule has 3 saturated heterocycles. The Hall–Kier alpha value is -5.88. The first-order valence-corrected chi connectivity index (χ1v) is 23.3. The van der Waals surface area contributed by atoms with E-state index in [0.717, 1.165) is 98.4 Å². The van der Waals surface area contributed by atoms with Crippen LogP contribution in [0.5, 0.6) is 11.5 Å². The van der Waals surface area contributed by atoms with E-state index in [1.165, 1.54) is 6.33 Å². The number of piperazine rings is 1. The number of carbonyl (C=O) groups excluding carboxylic acids is 4. The molecule has 0 radical (unpaired) electrons. The van der Waals surface area contributed by atoms with Crippen LogP contribution in [0.1, 0.15) is 60.5 Å². The van der Waals surface area contributed by atoms with Crippen LogP contribution in [0.2, 0.25) is 0 Å². The van der Waals surface area contributed by atoms with Gasteiger partial charge in [-0.1, -0.05) is 24.3 Å². The molecule has 334 valence electrons. The highest BCUT2D eigenvalue weighted by Gasteiger charge is 2.40. The van der Waals surface area contributed by atoms with Crippen LogP contribution in [0.3, 0.4) is 0 Å². The molecule has 17 heteroatoms. The lowest BCUT2D eigenvalue weighted by Crippen LogP contribution is -2.52. The van der Waals surface area contributed by atoms with Crippen LogP contribution in [-0.2, 0) is 25.7 Å². The van der Waals surface area contributed by atoms with Gasteiger partial charge in [0.1, 0.15) is 35.4 Å². The number of hydrogen-bond acceptors (Lipinski definition) is 13. The molecule has 64 heavy (non-hydrogen) atoms. The summed E-state index contributed by atoms with van der Waals surface area (Å²) in [5.41, 5.74) is 10.3. The van der Waals surface area contributed by atoms with Gasteiger partial charge in [0.25, 0.3) is 5.91 Å². The fraction of sp³-hybridized carbons (Fsp3) is 0.426. The van der Waals surface area contributed by atoms with Crippen LogP contribution in [0.4, 0.5) is 5.82 Å². The SMILES string of the molecule is Nc1ncnc2c1c(-c1ccc(Oc3ccccc3)cc1)nn2C1CCCN(C(=O)CCCN2CCN(CCOCCSc3cccc4c3CN(C3CCC(=O)NC3=O)C4=O)CC2)C1. The third kappa shape index (κ3) is 9.77. The number of rotatable bonds is 16. The number of nitrogen functional groups attached to an aromatic ring is 1. The molecule has 0 bridgehead atoms.